The van der Waals surface area contributed by atoms with Gasteiger partial charge in [-0.15, -0.1) is 0 Å². The molecular weight excluding hydrogens is 295 g/mol. The van der Waals surface area contributed by atoms with E-state index in [0.29, 0.717) is 12.2 Å². The number of rotatable bonds is 6. The van der Waals surface area contributed by atoms with Crippen LogP contribution in [0.25, 0.3) is 0 Å². The van der Waals surface area contributed by atoms with E-state index in [-0.39, 0.29) is 11.4 Å². The highest BCUT2D eigenvalue weighted by molar-refractivity contribution is 7.89. The Morgan fingerprint density at radius 1 is 1.48 bits per heavy atom. The molecule has 1 aromatic carbocycles. The Bertz CT molecular complexity index is 598. The predicted octanol–water partition coefficient (Wildman–Crippen LogP) is 1.18. The van der Waals surface area contributed by atoms with Gasteiger partial charge in [0.1, 0.15) is 10.7 Å². The van der Waals surface area contributed by atoms with Crippen LogP contribution < -0.4 is 10.0 Å². The molecule has 0 radical (unpaired) electrons. The molecular formula is C14H21FN2O3S. The van der Waals surface area contributed by atoms with Crippen LogP contribution in [0.1, 0.15) is 18.4 Å². The molecule has 1 atom stereocenters. The summed E-state index contributed by atoms with van der Waals surface area (Å²) >= 11 is 0. The Labute approximate surface area is 124 Å². The van der Waals surface area contributed by atoms with E-state index in [4.69, 9.17) is 4.74 Å². The van der Waals surface area contributed by atoms with E-state index in [0.717, 1.165) is 19.4 Å². The van der Waals surface area contributed by atoms with Gasteiger partial charge >= 0.3 is 0 Å². The summed E-state index contributed by atoms with van der Waals surface area (Å²) < 4.78 is 46.2. The Balaban J connectivity index is 2.16. The number of hydrogen-bond acceptors (Lipinski definition) is 4. The molecule has 0 aliphatic carbocycles. The van der Waals surface area contributed by atoms with Crippen molar-refractivity contribution in [1.82, 2.24) is 10.0 Å². The molecule has 21 heavy (non-hydrogen) atoms. The van der Waals surface area contributed by atoms with Crippen LogP contribution in [0.4, 0.5) is 4.39 Å². The minimum atomic E-state index is -3.88. The molecule has 1 aliphatic rings. The maximum Gasteiger partial charge on any atom is 0.243 e. The first-order valence-corrected chi connectivity index (χ1v) is 8.37. The Morgan fingerprint density at radius 2 is 2.24 bits per heavy atom. The Hall–Kier alpha value is -1.02. The number of sulfonamides is 1. The maximum atomic E-state index is 14.0. The van der Waals surface area contributed by atoms with Crippen molar-refractivity contribution in [2.75, 3.05) is 26.8 Å². The average Bonchev–Trinajstić information content (AvgIpc) is 2.89. The maximum absolute atomic E-state index is 14.0. The molecule has 1 heterocycles. The summed E-state index contributed by atoms with van der Waals surface area (Å²) in [4.78, 5) is -0.312. The smallest absolute Gasteiger partial charge is 0.243 e. The molecule has 5 nitrogen and oxygen atoms in total. The average molecular weight is 316 g/mol. The number of aryl methyl sites for hydroxylation is 1. The fraction of sp³-hybridized carbons (Fsp3) is 0.571. The normalized spacial score (nSPS) is 22.6. The lowest BCUT2D eigenvalue weighted by Crippen LogP contribution is -2.52. The van der Waals surface area contributed by atoms with Crippen molar-refractivity contribution in [1.29, 1.82) is 0 Å². The van der Waals surface area contributed by atoms with E-state index < -0.39 is 21.4 Å². The number of benzene rings is 1. The molecule has 1 aromatic rings. The molecule has 0 aromatic heterocycles. The molecule has 118 valence electrons. The molecule has 0 spiro atoms. The molecule has 2 rings (SSSR count). The molecule has 1 fully saturated rings. The minimum absolute atomic E-state index is 0.177. The van der Waals surface area contributed by atoms with Gasteiger partial charge in [-0.25, -0.2) is 17.5 Å². The van der Waals surface area contributed by atoms with Crippen molar-refractivity contribution in [3.63, 3.8) is 0 Å². The van der Waals surface area contributed by atoms with Gasteiger partial charge in [0.25, 0.3) is 0 Å². The third-order valence-electron chi connectivity index (χ3n) is 3.80. The fourth-order valence-electron chi connectivity index (χ4n) is 2.61. The van der Waals surface area contributed by atoms with Crippen LogP contribution in [-0.4, -0.2) is 40.8 Å². The Morgan fingerprint density at radius 3 is 2.86 bits per heavy atom. The first-order valence-electron chi connectivity index (χ1n) is 6.89. The fourth-order valence-corrected chi connectivity index (χ4v) is 3.89. The first-order chi connectivity index (χ1) is 9.90. The zero-order valence-electron chi connectivity index (χ0n) is 12.3. The molecule has 7 heteroatoms. The van der Waals surface area contributed by atoms with Gasteiger partial charge in [-0.2, -0.15) is 0 Å². The lowest BCUT2D eigenvalue weighted by atomic mass is 9.99. The lowest BCUT2D eigenvalue weighted by molar-refractivity contribution is 0.122. The highest BCUT2D eigenvalue weighted by atomic mass is 32.2. The molecule has 2 N–H and O–H groups in total. The monoisotopic (exact) mass is 316 g/mol. The van der Waals surface area contributed by atoms with Crippen molar-refractivity contribution in [3.05, 3.63) is 29.6 Å². The number of halogens is 1. The third-order valence-corrected chi connectivity index (χ3v) is 5.22. The van der Waals surface area contributed by atoms with E-state index in [1.165, 1.54) is 12.1 Å². The van der Waals surface area contributed by atoms with E-state index in [1.54, 1.807) is 20.1 Å². The zero-order chi connectivity index (χ0) is 15.5. The van der Waals surface area contributed by atoms with Crippen LogP contribution in [0, 0.1) is 12.7 Å². The van der Waals surface area contributed by atoms with E-state index >= 15 is 0 Å². The predicted molar refractivity (Wildman–Crippen MR) is 78.2 cm³/mol. The van der Waals surface area contributed by atoms with Gasteiger partial charge in [0.05, 0.1) is 12.1 Å². The molecule has 0 amide bonds. The highest BCUT2D eigenvalue weighted by Gasteiger charge is 2.35. The number of ether oxygens (including phenoxy) is 1. The van der Waals surface area contributed by atoms with Gasteiger partial charge in [0, 0.05) is 13.7 Å². The molecule has 1 unspecified atom stereocenters. The number of methoxy groups -OCH3 is 1. The van der Waals surface area contributed by atoms with Crippen LogP contribution >= 0.6 is 0 Å². The van der Waals surface area contributed by atoms with E-state index in [9.17, 15) is 12.8 Å². The summed E-state index contributed by atoms with van der Waals surface area (Å²) in [6.07, 6.45) is 1.78. The van der Waals surface area contributed by atoms with Gasteiger partial charge < -0.3 is 10.1 Å². The second kappa shape index (κ2) is 6.39. The summed E-state index contributed by atoms with van der Waals surface area (Å²) in [5.74, 6) is -0.704. The third kappa shape index (κ3) is 3.60. The number of hydrogen-bond donors (Lipinski definition) is 2. The topological polar surface area (TPSA) is 67.4 Å². The SMILES string of the molecule is COCC1(CNS(=O)(=O)c2cccc(C)c2F)CCCN1. The van der Waals surface area contributed by atoms with Crippen molar-refractivity contribution >= 4 is 10.0 Å². The summed E-state index contributed by atoms with van der Waals surface area (Å²) in [7, 11) is -2.30. The molecule has 0 saturated carbocycles. The summed E-state index contributed by atoms with van der Waals surface area (Å²) in [5, 5.41) is 3.28. The summed E-state index contributed by atoms with van der Waals surface area (Å²) in [6.45, 7) is 2.95. The van der Waals surface area contributed by atoms with Crippen molar-refractivity contribution < 1.29 is 17.5 Å². The van der Waals surface area contributed by atoms with Crippen molar-refractivity contribution in [2.45, 2.75) is 30.2 Å². The van der Waals surface area contributed by atoms with Crippen molar-refractivity contribution in [2.24, 2.45) is 0 Å². The summed E-state index contributed by atoms with van der Waals surface area (Å²) in [6, 6.07) is 4.35. The second-order valence-electron chi connectivity index (χ2n) is 5.46. The van der Waals surface area contributed by atoms with Crippen molar-refractivity contribution in [3.8, 4) is 0 Å². The van der Waals surface area contributed by atoms with Crippen LogP contribution in [-0.2, 0) is 14.8 Å². The van der Waals surface area contributed by atoms with Gasteiger partial charge in [0.15, 0.2) is 0 Å². The van der Waals surface area contributed by atoms with E-state index in [1.807, 2.05) is 0 Å². The van der Waals surface area contributed by atoms with E-state index in [2.05, 4.69) is 10.0 Å². The van der Waals surface area contributed by atoms with Crippen LogP contribution in [0.15, 0.2) is 23.1 Å². The molecule has 1 saturated heterocycles. The van der Waals surface area contributed by atoms with Gasteiger partial charge in [0.2, 0.25) is 10.0 Å². The standard InChI is InChI=1S/C14H21FN2O3S/c1-11-5-3-6-12(13(11)15)21(18,19)17-9-14(10-20-2)7-4-8-16-14/h3,5-6,16-17H,4,7-10H2,1-2H3. The molecule has 1 aliphatic heterocycles. The van der Waals surface area contributed by atoms with Gasteiger partial charge in [-0.05, 0) is 37.9 Å². The van der Waals surface area contributed by atoms with Crippen LogP contribution in [0.2, 0.25) is 0 Å². The second-order valence-corrected chi connectivity index (χ2v) is 7.19. The van der Waals surface area contributed by atoms with Crippen LogP contribution in [0.3, 0.4) is 0 Å². The lowest BCUT2D eigenvalue weighted by Gasteiger charge is -2.28. The van der Waals surface area contributed by atoms with Gasteiger partial charge in [-0.3, -0.25) is 0 Å². The largest absolute Gasteiger partial charge is 0.383 e. The minimum Gasteiger partial charge on any atom is -0.383 e. The Kier molecular flexibility index (Phi) is 4.98. The molecule has 0 bridgehead atoms. The zero-order valence-corrected chi connectivity index (χ0v) is 13.1. The van der Waals surface area contributed by atoms with Crippen LogP contribution in [0.5, 0.6) is 0 Å². The summed E-state index contributed by atoms with van der Waals surface area (Å²) in [5.41, 5.74) is -0.106. The quantitative estimate of drug-likeness (QED) is 0.827. The van der Waals surface area contributed by atoms with Gasteiger partial charge in [-0.1, -0.05) is 12.1 Å². The first kappa shape index (κ1) is 16.4. The highest BCUT2D eigenvalue weighted by Crippen LogP contribution is 2.21. The number of nitrogens with one attached hydrogen (secondary N) is 2.